The van der Waals surface area contributed by atoms with E-state index in [1.165, 1.54) is 0 Å². The van der Waals surface area contributed by atoms with Crippen LogP contribution >= 0.6 is 11.6 Å². The summed E-state index contributed by atoms with van der Waals surface area (Å²) in [5, 5.41) is 3.28. The highest BCUT2D eigenvalue weighted by atomic mass is 35.5. The summed E-state index contributed by atoms with van der Waals surface area (Å²) in [6.45, 7) is 4.71. The topological polar surface area (TPSA) is 55.1 Å². The molecule has 82 valence electrons. The van der Waals surface area contributed by atoms with Gasteiger partial charge >= 0.3 is 0 Å². The van der Waals surface area contributed by atoms with Crippen LogP contribution in [0.25, 0.3) is 0 Å². The summed E-state index contributed by atoms with van der Waals surface area (Å²) in [4.78, 5) is 11.6. The van der Waals surface area contributed by atoms with Crippen molar-refractivity contribution < 1.29 is 4.79 Å². The van der Waals surface area contributed by atoms with Gasteiger partial charge < -0.3 is 11.1 Å². The predicted octanol–water partition coefficient (Wildman–Crippen LogP) is 2.31. The number of halogens is 1. The minimum absolute atomic E-state index is 0.141. The van der Waals surface area contributed by atoms with Crippen LogP contribution in [0.15, 0.2) is 18.2 Å². The lowest BCUT2D eigenvalue weighted by atomic mass is 10.1. The maximum atomic E-state index is 11.6. The monoisotopic (exact) mass is 226 g/mol. The summed E-state index contributed by atoms with van der Waals surface area (Å²) < 4.78 is 0. The molecule has 0 fully saturated rings. The van der Waals surface area contributed by atoms with Gasteiger partial charge in [0, 0.05) is 22.8 Å². The van der Waals surface area contributed by atoms with E-state index in [-0.39, 0.29) is 5.91 Å². The van der Waals surface area contributed by atoms with E-state index in [1.807, 2.05) is 13.8 Å². The van der Waals surface area contributed by atoms with Gasteiger partial charge in [-0.3, -0.25) is 4.79 Å². The Morgan fingerprint density at radius 1 is 1.47 bits per heavy atom. The van der Waals surface area contributed by atoms with Crippen LogP contribution in [0.3, 0.4) is 0 Å². The number of amides is 1. The number of nitrogen functional groups attached to an aromatic ring is 1. The molecule has 0 saturated carbocycles. The summed E-state index contributed by atoms with van der Waals surface area (Å²) in [5.74, 6) is 0.281. The van der Waals surface area contributed by atoms with Gasteiger partial charge in [-0.05, 0) is 24.1 Å². The molecule has 0 atom stereocenters. The van der Waals surface area contributed by atoms with E-state index in [0.29, 0.717) is 28.7 Å². The Bertz CT molecular complexity index is 343. The average Bonchev–Trinajstić information content (AvgIpc) is 2.12. The lowest BCUT2D eigenvalue weighted by Crippen LogP contribution is -2.27. The standard InChI is InChI=1S/C11H15ClN2O/c1-7(2)6-14-11(15)8-3-9(12)5-10(13)4-8/h3-5,7H,6,13H2,1-2H3,(H,14,15). The fourth-order valence-corrected chi connectivity index (χ4v) is 1.39. The molecule has 1 amide bonds. The fraction of sp³-hybridized carbons (Fsp3) is 0.364. The van der Waals surface area contributed by atoms with Crippen molar-refractivity contribution in [1.29, 1.82) is 0 Å². The van der Waals surface area contributed by atoms with E-state index >= 15 is 0 Å². The molecule has 0 aliphatic carbocycles. The molecule has 0 radical (unpaired) electrons. The lowest BCUT2D eigenvalue weighted by molar-refractivity contribution is 0.0949. The first-order valence-corrected chi connectivity index (χ1v) is 5.21. The molecule has 3 nitrogen and oxygen atoms in total. The second-order valence-electron chi connectivity index (χ2n) is 3.88. The Morgan fingerprint density at radius 3 is 2.67 bits per heavy atom. The summed E-state index contributed by atoms with van der Waals surface area (Å²) in [7, 11) is 0. The highest BCUT2D eigenvalue weighted by Crippen LogP contribution is 2.16. The maximum Gasteiger partial charge on any atom is 0.251 e. The highest BCUT2D eigenvalue weighted by molar-refractivity contribution is 6.31. The molecule has 0 heterocycles. The minimum atomic E-state index is -0.141. The third-order valence-corrected chi connectivity index (χ3v) is 2.07. The molecule has 0 aliphatic rings. The molecule has 1 aromatic carbocycles. The molecule has 0 unspecified atom stereocenters. The molecule has 1 rings (SSSR count). The summed E-state index contributed by atoms with van der Waals surface area (Å²) >= 11 is 5.80. The largest absolute Gasteiger partial charge is 0.399 e. The molecule has 0 bridgehead atoms. The summed E-state index contributed by atoms with van der Waals surface area (Å²) in [6, 6.07) is 4.83. The molecule has 15 heavy (non-hydrogen) atoms. The zero-order valence-electron chi connectivity index (χ0n) is 8.88. The van der Waals surface area contributed by atoms with Crippen molar-refractivity contribution in [3.8, 4) is 0 Å². The molecule has 1 aromatic rings. The fourth-order valence-electron chi connectivity index (χ4n) is 1.14. The third kappa shape index (κ3) is 3.80. The van der Waals surface area contributed by atoms with Crippen molar-refractivity contribution in [3.05, 3.63) is 28.8 Å². The van der Waals surface area contributed by atoms with Crippen molar-refractivity contribution in [2.75, 3.05) is 12.3 Å². The van der Waals surface area contributed by atoms with Gasteiger partial charge in [0.2, 0.25) is 0 Å². The van der Waals surface area contributed by atoms with Gasteiger partial charge in [0.15, 0.2) is 0 Å². The normalized spacial score (nSPS) is 10.4. The second kappa shape index (κ2) is 5.03. The highest BCUT2D eigenvalue weighted by Gasteiger charge is 2.07. The molecule has 0 spiro atoms. The number of nitrogens with one attached hydrogen (secondary N) is 1. The zero-order chi connectivity index (χ0) is 11.4. The van der Waals surface area contributed by atoms with E-state index in [4.69, 9.17) is 17.3 Å². The Hall–Kier alpha value is -1.22. The van der Waals surface area contributed by atoms with Crippen molar-refractivity contribution in [1.82, 2.24) is 5.32 Å². The minimum Gasteiger partial charge on any atom is -0.399 e. The molecule has 0 saturated heterocycles. The van der Waals surface area contributed by atoms with Gasteiger partial charge in [0.1, 0.15) is 0 Å². The van der Waals surface area contributed by atoms with Crippen LogP contribution in [0.4, 0.5) is 5.69 Å². The van der Waals surface area contributed by atoms with Crippen molar-refractivity contribution in [2.45, 2.75) is 13.8 Å². The third-order valence-electron chi connectivity index (χ3n) is 1.85. The quantitative estimate of drug-likeness (QED) is 0.778. The van der Waals surface area contributed by atoms with Gasteiger partial charge in [-0.2, -0.15) is 0 Å². The SMILES string of the molecule is CC(C)CNC(=O)c1cc(N)cc(Cl)c1. The summed E-state index contributed by atoms with van der Waals surface area (Å²) in [5.41, 5.74) is 6.59. The maximum absolute atomic E-state index is 11.6. The predicted molar refractivity (Wildman–Crippen MR) is 63.0 cm³/mol. The van der Waals surface area contributed by atoms with E-state index in [1.54, 1.807) is 18.2 Å². The van der Waals surface area contributed by atoms with Gasteiger partial charge in [-0.1, -0.05) is 25.4 Å². The van der Waals surface area contributed by atoms with Crippen LogP contribution in [0.5, 0.6) is 0 Å². The number of hydrogen-bond acceptors (Lipinski definition) is 2. The molecule has 0 aliphatic heterocycles. The van der Waals surface area contributed by atoms with Crippen LogP contribution in [0, 0.1) is 5.92 Å². The van der Waals surface area contributed by atoms with Crippen LogP contribution in [-0.4, -0.2) is 12.5 Å². The molecule has 0 aromatic heterocycles. The van der Waals surface area contributed by atoms with E-state index < -0.39 is 0 Å². The smallest absolute Gasteiger partial charge is 0.251 e. The van der Waals surface area contributed by atoms with E-state index in [9.17, 15) is 4.79 Å². The van der Waals surface area contributed by atoms with Crippen molar-refractivity contribution in [3.63, 3.8) is 0 Å². The number of nitrogens with two attached hydrogens (primary N) is 1. The Kier molecular flexibility index (Phi) is 3.97. The van der Waals surface area contributed by atoms with E-state index in [2.05, 4.69) is 5.32 Å². The number of carbonyl (C=O) groups is 1. The van der Waals surface area contributed by atoms with Crippen molar-refractivity contribution in [2.24, 2.45) is 5.92 Å². The number of anilines is 1. The van der Waals surface area contributed by atoms with Gasteiger partial charge in [0.25, 0.3) is 5.91 Å². The molecular weight excluding hydrogens is 212 g/mol. The van der Waals surface area contributed by atoms with Crippen molar-refractivity contribution >= 4 is 23.2 Å². The summed E-state index contributed by atoms with van der Waals surface area (Å²) in [6.07, 6.45) is 0. The lowest BCUT2D eigenvalue weighted by Gasteiger charge is -2.08. The van der Waals surface area contributed by atoms with Crippen LogP contribution in [0.2, 0.25) is 5.02 Å². The Labute approximate surface area is 94.6 Å². The molecule has 4 heteroatoms. The number of rotatable bonds is 3. The van der Waals surface area contributed by atoms with E-state index in [0.717, 1.165) is 0 Å². The van der Waals surface area contributed by atoms with Crippen LogP contribution in [0.1, 0.15) is 24.2 Å². The Morgan fingerprint density at radius 2 is 2.13 bits per heavy atom. The Balaban J connectivity index is 2.73. The molecule has 3 N–H and O–H groups in total. The first-order valence-electron chi connectivity index (χ1n) is 4.83. The van der Waals surface area contributed by atoms with Gasteiger partial charge in [-0.25, -0.2) is 0 Å². The number of hydrogen-bond donors (Lipinski definition) is 2. The number of carbonyl (C=O) groups excluding carboxylic acids is 1. The van der Waals surface area contributed by atoms with Gasteiger partial charge in [-0.15, -0.1) is 0 Å². The number of benzene rings is 1. The second-order valence-corrected chi connectivity index (χ2v) is 4.31. The first kappa shape index (κ1) is 11.9. The zero-order valence-corrected chi connectivity index (χ0v) is 9.64. The van der Waals surface area contributed by atoms with Crippen LogP contribution in [-0.2, 0) is 0 Å². The molecular formula is C11H15ClN2O. The van der Waals surface area contributed by atoms with Crippen LogP contribution < -0.4 is 11.1 Å². The van der Waals surface area contributed by atoms with Gasteiger partial charge in [0.05, 0.1) is 0 Å². The first-order chi connectivity index (χ1) is 6.99. The average molecular weight is 227 g/mol.